The van der Waals surface area contributed by atoms with Crippen molar-refractivity contribution in [3.8, 4) is 11.4 Å². The van der Waals surface area contributed by atoms with Gasteiger partial charge in [0.2, 0.25) is 5.91 Å². The molecule has 1 fully saturated rings. The molecule has 25 heavy (non-hydrogen) atoms. The van der Waals surface area contributed by atoms with E-state index in [-0.39, 0.29) is 5.91 Å². The van der Waals surface area contributed by atoms with Crippen LogP contribution in [-0.2, 0) is 4.79 Å². The standard InChI is InChI=1S/C21H23N3O/c25-20(14-13-15-7-1-2-8-15)22-17-10-4-3-9-16(17)21-23-18-11-5-6-12-19(18)24-21/h3-6,9-12,15H,1-2,7-8,13-14H2,(H,22,25)(H,23,24). The minimum atomic E-state index is 0.0930. The van der Waals surface area contributed by atoms with Gasteiger partial charge in [0.25, 0.3) is 0 Å². The summed E-state index contributed by atoms with van der Waals surface area (Å²) in [5, 5.41) is 3.08. The SMILES string of the molecule is O=C(CCC1CCCC1)Nc1ccccc1-c1nc2ccccc2[nH]1. The van der Waals surface area contributed by atoms with E-state index in [0.717, 1.165) is 40.4 Å². The molecule has 0 unspecified atom stereocenters. The summed E-state index contributed by atoms with van der Waals surface area (Å²) in [6.07, 6.45) is 6.80. The molecule has 4 rings (SSSR count). The van der Waals surface area contributed by atoms with E-state index in [1.54, 1.807) is 0 Å². The zero-order chi connectivity index (χ0) is 17.1. The van der Waals surface area contributed by atoms with Gasteiger partial charge in [-0.25, -0.2) is 4.98 Å². The van der Waals surface area contributed by atoms with E-state index in [9.17, 15) is 4.79 Å². The van der Waals surface area contributed by atoms with E-state index in [4.69, 9.17) is 0 Å². The first-order chi connectivity index (χ1) is 12.3. The number of para-hydroxylation sites is 3. The number of H-pyrrole nitrogens is 1. The fourth-order valence-electron chi connectivity index (χ4n) is 3.73. The fraction of sp³-hybridized carbons (Fsp3) is 0.333. The second kappa shape index (κ2) is 7.09. The summed E-state index contributed by atoms with van der Waals surface area (Å²) >= 11 is 0. The molecule has 1 amide bonds. The average Bonchev–Trinajstić information content (AvgIpc) is 3.30. The molecule has 4 nitrogen and oxygen atoms in total. The molecule has 0 saturated heterocycles. The molecule has 128 valence electrons. The Bertz CT molecular complexity index is 844. The highest BCUT2D eigenvalue weighted by atomic mass is 16.1. The Morgan fingerprint density at radius 3 is 2.68 bits per heavy atom. The van der Waals surface area contributed by atoms with Crippen LogP contribution in [0.4, 0.5) is 5.69 Å². The molecule has 1 saturated carbocycles. The van der Waals surface area contributed by atoms with Crippen molar-refractivity contribution in [2.45, 2.75) is 38.5 Å². The van der Waals surface area contributed by atoms with Crippen LogP contribution in [0.2, 0.25) is 0 Å². The number of imidazole rings is 1. The van der Waals surface area contributed by atoms with Crippen molar-refractivity contribution in [2.24, 2.45) is 5.92 Å². The highest BCUT2D eigenvalue weighted by Crippen LogP contribution is 2.30. The lowest BCUT2D eigenvalue weighted by molar-refractivity contribution is -0.116. The van der Waals surface area contributed by atoms with Gasteiger partial charge in [-0.1, -0.05) is 49.9 Å². The number of carbonyl (C=O) groups is 1. The summed E-state index contributed by atoms with van der Waals surface area (Å²) in [6.45, 7) is 0. The van der Waals surface area contributed by atoms with Crippen molar-refractivity contribution in [3.05, 3.63) is 48.5 Å². The van der Waals surface area contributed by atoms with Gasteiger partial charge in [0, 0.05) is 12.0 Å². The van der Waals surface area contributed by atoms with Crippen LogP contribution in [0.25, 0.3) is 22.4 Å². The van der Waals surface area contributed by atoms with Crippen LogP contribution >= 0.6 is 0 Å². The number of fused-ring (bicyclic) bond motifs is 1. The molecule has 0 atom stereocenters. The largest absolute Gasteiger partial charge is 0.338 e. The Labute approximate surface area is 147 Å². The van der Waals surface area contributed by atoms with Gasteiger partial charge in [-0.3, -0.25) is 4.79 Å². The highest BCUT2D eigenvalue weighted by Gasteiger charge is 2.17. The number of carbonyl (C=O) groups excluding carboxylic acids is 1. The van der Waals surface area contributed by atoms with E-state index in [1.807, 2.05) is 48.5 Å². The first-order valence-electron chi connectivity index (χ1n) is 9.13. The number of nitrogens with one attached hydrogen (secondary N) is 2. The molecule has 1 aliphatic carbocycles. The molecule has 2 aromatic carbocycles. The third kappa shape index (κ3) is 3.58. The van der Waals surface area contributed by atoms with Crippen molar-refractivity contribution in [1.82, 2.24) is 9.97 Å². The van der Waals surface area contributed by atoms with Gasteiger partial charge in [0.1, 0.15) is 5.82 Å². The zero-order valence-corrected chi connectivity index (χ0v) is 14.3. The lowest BCUT2D eigenvalue weighted by atomic mass is 10.0. The lowest BCUT2D eigenvalue weighted by Gasteiger charge is -2.11. The van der Waals surface area contributed by atoms with Crippen LogP contribution in [0, 0.1) is 5.92 Å². The van der Waals surface area contributed by atoms with Crippen LogP contribution in [-0.4, -0.2) is 15.9 Å². The van der Waals surface area contributed by atoms with Crippen molar-refractivity contribution < 1.29 is 4.79 Å². The summed E-state index contributed by atoms with van der Waals surface area (Å²) in [5.41, 5.74) is 3.67. The summed E-state index contributed by atoms with van der Waals surface area (Å²) in [7, 11) is 0. The second-order valence-electron chi connectivity index (χ2n) is 6.89. The fourth-order valence-corrected chi connectivity index (χ4v) is 3.73. The monoisotopic (exact) mass is 333 g/mol. The number of aromatic nitrogens is 2. The van der Waals surface area contributed by atoms with Crippen molar-refractivity contribution in [3.63, 3.8) is 0 Å². The molecule has 2 N–H and O–H groups in total. The van der Waals surface area contributed by atoms with Gasteiger partial charge in [-0.05, 0) is 36.6 Å². The topological polar surface area (TPSA) is 57.8 Å². The van der Waals surface area contributed by atoms with E-state index in [1.165, 1.54) is 25.7 Å². The first-order valence-corrected chi connectivity index (χ1v) is 9.13. The van der Waals surface area contributed by atoms with Crippen LogP contribution in [0.3, 0.4) is 0 Å². The average molecular weight is 333 g/mol. The van der Waals surface area contributed by atoms with Crippen molar-refractivity contribution >= 4 is 22.6 Å². The molecule has 3 aromatic rings. The molecule has 1 aliphatic rings. The molecule has 4 heteroatoms. The third-order valence-corrected chi connectivity index (χ3v) is 5.10. The molecule has 0 spiro atoms. The van der Waals surface area contributed by atoms with E-state index >= 15 is 0 Å². The Kier molecular flexibility index (Phi) is 4.51. The van der Waals surface area contributed by atoms with Gasteiger partial charge >= 0.3 is 0 Å². The van der Waals surface area contributed by atoms with Crippen LogP contribution in [0.5, 0.6) is 0 Å². The molecule has 0 radical (unpaired) electrons. The number of nitrogens with zero attached hydrogens (tertiary/aromatic N) is 1. The van der Waals surface area contributed by atoms with E-state index in [2.05, 4.69) is 15.3 Å². The quantitative estimate of drug-likeness (QED) is 0.679. The molecule has 0 bridgehead atoms. The molecule has 1 aromatic heterocycles. The second-order valence-corrected chi connectivity index (χ2v) is 6.89. The number of aromatic amines is 1. The molecule has 1 heterocycles. The maximum Gasteiger partial charge on any atom is 0.224 e. The molecule has 0 aliphatic heterocycles. The number of amides is 1. The highest BCUT2D eigenvalue weighted by molar-refractivity contribution is 5.95. The maximum atomic E-state index is 12.4. The Morgan fingerprint density at radius 1 is 1.08 bits per heavy atom. The van der Waals surface area contributed by atoms with Crippen LogP contribution in [0.15, 0.2) is 48.5 Å². The minimum absolute atomic E-state index is 0.0930. The Morgan fingerprint density at radius 2 is 1.84 bits per heavy atom. The number of hydrogen-bond donors (Lipinski definition) is 2. The van der Waals surface area contributed by atoms with E-state index < -0.39 is 0 Å². The van der Waals surface area contributed by atoms with Gasteiger partial charge in [0.05, 0.1) is 16.7 Å². The Balaban J connectivity index is 1.51. The van der Waals surface area contributed by atoms with Crippen LogP contribution < -0.4 is 5.32 Å². The van der Waals surface area contributed by atoms with Crippen molar-refractivity contribution in [2.75, 3.05) is 5.32 Å². The summed E-state index contributed by atoms with van der Waals surface area (Å²) in [5.74, 6) is 1.61. The zero-order valence-electron chi connectivity index (χ0n) is 14.3. The van der Waals surface area contributed by atoms with Crippen LogP contribution in [0.1, 0.15) is 38.5 Å². The third-order valence-electron chi connectivity index (χ3n) is 5.10. The van der Waals surface area contributed by atoms with Gasteiger partial charge in [-0.2, -0.15) is 0 Å². The number of benzene rings is 2. The smallest absolute Gasteiger partial charge is 0.224 e. The first kappa shape index (κ1) is 15.9. The van der Waals surface area contributed by atoms with Gasteiger partial charge in [-0.15, -0.1) is 0 Å². The minimum Gasteiger partial charge on any atom is -0.338 e. The lowest BCUT2D eigenvalue weighted by Crippen LogP contribution is -2.13. The van der Waals surface area contributed by atoms with Crippen molar-refractivity contribution in [1.29, 1.82) is 0 Å². The van der Waals surface area contributed by atoms with Gasteiger partial charge < -0.3 is 10.3 Å². The predicted octanol–water partition coefficient (Wildman–Crippen LogP) is 5.14. The summed E-state index contributed by atoms with van der Waals surface area (Å²) < 4.78 is 0. The predicted molar refractivity (Wildman–Crippen MR) is 101 cm³/mol. The number of rotatable bonds is 5. The Hall–Kier alpha value is -2.62. The maximum absolute atomic E-state index is 12.4. The molecular weight excluding hydrogens is 310 g/mol. The van der Waals surface area contributed by atoms with Gasteiger partial charge in [0.15, 0.2) is 0 Å². The molecular formula is C21H23N3O. The normalized spacial score (nSPS) is 14.9. The number of hydrogen-bond acceptors (Lipinski definition) is 2. The summed E-state index contributed by atoms with van der Waals surface area (Å²) in [4.78, 5) is 20.4. The number of anilines is 1. The summed E-state index contributed by atoms with van der Waals surface area (Å²) in [6, 6.07) is 15.8. The van der Waals surface area contributed by atoms with E-state index in [0.29, 0.717) is 6.42 Å².